The maximum absolute atomic E-state index is 12.3. The molecule has 1 aliphatic heterocycles. The quantitative estimate of drug-likeness (QED) is 0.459. The van der Waals surface area contributed by atoms with E-state index >= 15 is 0 Å². The fourth-order valence-electron chi connectivity index (χ4n) is 3.67. The third-order valence-corrected chi connectivity index (χ3v) is 5.16. The summed E-state index contributed by atoms with van der Waals surface area (Å²) in [4.78, 5) is 48.3. The van der Waals surface area contributed by atoms with Crippen LogP contribution in [0.1, 0.15) is 25.7 Å². The normalized spacial score (nSPS) is 13.7. The fourth-order valence-corrected chi connectivity index (χ4v) is 3.67. The first-order chi connectivity index (χ1) is 14.9. The SMILES string of the molecule is O=C(CCCn1c(=O)oc2cc([N+](=O)[O-])ccc21)Nc1cccc(N2CCCC2=O)c1. The van der Waals surface area contributed by atoms with Crippen LogP contribution in [0.15, 0.2) is 51.7 Å². The van der Waals surface area contributed by atoms with Crippen molar-refractivity contribution >= 4 is 40.0 Å². The number of hydrogen-bond acceptors (Lipinski definition) is 6. The van der Waals surface area contributed by atoms with Gasteiger partial charge in [0, 0.05) is 43.4 Å². The molecule has 0 radical (unpaired) electrons. The number of carbonyl (C=O) groups excluding carboxylic acids is 2. The van der Waals surface area contributed by atoms with Gasteiger partial charge in [-0.05, 0) is 37.1 Å². The van der Waals surface area contributed by atoms with Crippen LogP contribution in [0, 0.1) is 10.1 Å². The number of fused-ring (bicyclic) bond motifs is 1. The predicted octanol–water partition coefficient (Wildman–Crippen LogP) is 3.05. The van der Waals surface area contributed by atoms with Gasteiger partial charge in [0.05, 0.1) is 16.5 Å². The summed E-state index contributed by atoms with van der Waals surface area (Å²) in [5, 5.41) is 13.7. The third kappa shape index (κ3) is 4.32. The van der Waals surface area contributed by atoms with Crippen molar-refractivity contribution in [2.45, 2.75) is 32.2 Å². The Morgan fingerprint density at radius 3 is 2.77 bits per heavy atom. The summed E-state index contributed by atoms with van der Waals surface area (Å²) in [7, 11) is 0. The number of amides is 2. The van der Waals surface area contributed by atoms with Crippen LogP contribution in [-0.2, 0) is 16.1 Å². The molecule has 2 heterocycles. The van der Waals surface area contributed by atoms with Crippen molar-refractivity contribution in [1.29, 1.82) is 0 Å². The zero-order valence-electron chi connectivity index (χ0n) is 16.6. The van der Waals surface area contributed by atoms with E-state index in [1.807, 2.05) is 6.07 Å². The highest BCUT2D eigenvalue weighted by Gasteiger charge is 2.21. The molecular formula is C21H20N4O6. The van der Waals surface area contributed by atoms with E-state index in [4.69, 9.17) is 4.42 Å². The number of oxazole rings is 1. The molecule has 1 aliphatic rings. The molecule has 0 bridgehead atoms. The van der Waals surface area contributed by atoms with Crippen LogP contribution in [0.25, 0.3) is 11.1 Å². The molecule has 0 aliphatic carbocycles. The summed E-state index contributed by atoms with van der Waals surface area (Å²) in [6, 6.07) is 11.1. The summed E-state index contributed by atoms with van der Waals surface area (Å²) >= 11 is 0. The van der Waals surface area contributed by atoms with Crippen molar-refractivity contribution in [2.75, 3.05) is 16.8 Å². The van der Waals surface area contributed by atoms with Crippen LogP contribution < -0.4 is 16.0 Å². The number of hydrogen-bond donors (Lipinski definition) is 1. The molecule has 4 rings (SSSR count). The lowest BCUT2D eigenvalue weighted by molar-refractivity contribution is -0.384. The predicted molar refractivity (Wildman–Crippen MR) is 113 cm³/mol. The second kappa shape index (κ2) is 8.42. The molecule has 3 aromatic rings. The molecule has 10 nitrogen and oxygen atoms in total. The molecule has 10 heteroatoms. The number of nitrogens with zero attached hydrogens (tertiary/aromatic N) is 3. The number of benzene rings is 2. The van der Waals surface area contributed by atoms with Crippen molar-refractivity contribution < 1.29 is 18.9 Å². The Kier molecular flexibility index (Phi) is 5.52. The molecule has 1 saturated heterocycles. The average molecular weight is 424 g/mol. The first-order valence-electron chi connectivity index (χ1n) is 9.90. The fraction of sp³-hybridized carbons (Fsp3) is 0.286. The van der Waals surface area contributed by atoms with E-state index in [1.54, 1.807) is 23.1 Å². The summed E-state index contributed by atoms with van der Waals surface area (Å²) in [5.74, 6) is -0.771. The van der Waals surface area contributed by atoms with Crippen LogP contribution in [-0.4, -0.2) is 27.8 Å². The van der Waals surface area contributed by atoms with Gasteiger partial charge < -0.3 is 14.6 Å². The minimum Gasteiger partial charge on any atom is -0.407 e. The van der Waals surface area contributed by atoms with Crippen LogP contribution in [0.3, 0.4) is 0 Å². The van der Waals surface area contributed by atoms with Gasteiger partial charge in [-0.3, -0.25) is 24.3 Å². The van der Waals surface area contributed by atoms with Crippen LogP contribution >= 0.6 is 0 Å². The largest absolute Gasteiger partial charge is 0.419 e. The Labute approximate surface area is 176 Å². The maximum atomic E-state index is 12.3. The van der Waals surface area contributed by atoms with Crippen LogP contribution in [0.5, 0.6) is 0 Å². The second-order valence-corrected chi connectivity index (χ2v) is 7.28. The van der Waals surface area contributed by atoms with Crippen molar-refractivity contribution in [3.8, 4) is 0 Å². The molecule has 2 amide bonds. The minimum atomic E-state index is -0.626. The number of aryl methyl sites for hydroxylation is 1. The van der Waals surface area contributed by atoms with Gasteiger partial charge in [0.1, 0.15) is 0 Å². The standard InChI is InChI=1S/C21H20N4O6/c26-19(22-14-4-1-5-15(12-14)23-10-3-7-20(23)27)6-2-11-24-17-9-8-16(25(29)30)13-18(17)31-21(24)28/h1,4-5,8-9,12-13H,2-3,6-7,10-11H2,(H,22,26). The van der Waals surface area contributed by atoms with Gasteiger partial charge in [-0.15, -0.1) is 0 Å². The zero-order valence-corrected chi connectivity index (χ0v) is 16.6. The number of aromatic nitrogens is 1. The van der Waals surface area contributed by atoms with E-state index in [1.165, 1.54) is 22.8 Å². The Morgan fingerprint density at radius 1 is 1.19 bits per heavy atom. The molecule has 1 N–H and O–H groups in total. The van der Waals surface area contributed by atoms with Crippen molar-refractivity contribution in [2.24, 2.45) is 0 Å². The van der Waals surface area contributed by atoms with Gasteiger partial charge in [-0.1, -0.05) is 6.07 Å². The highest BCUT2D eigenvalue weighted by molar-refractivity contribution is 5.97. The molecule has 0 unspecified atom stereocenters. The minimum absolute atomic E-state index is 0.0755. The van der Waals surface area contributed by atoms with Crippen molar-refractivity contribution in [3.05, 3.63) is 63.1 Å². The number of non-ortho nitro benzene ring substituents is 1. The highest BCUT2D eigenvalue weighted by atomic mass is 16.6. The van der Waals surface area contributed by atoms with Gasteiger partial charge in [0.2, 0.25) is 11.8 Å². The van der Waals surface area contributed by atoms with Crippen LogP contribution in [0.2, 0.25) is 0 Å². The number of nitro benzene ring substituents is 1. The third-order valence-electron chi connectivity index (χ3n) is 5.16. The Hall–Kier alpha value is -3.95. The number of rotatable bonds is 7. The number of nitrogens with one attached hydrogen (secondary N) is 1. The Bertz CT molecular complexity index is 1230. The number of anilines is 2. The van der Waals surface area contributed by atoms with Gasteiger partial charge in [0.15, 0.2) is 5.58 Å². The van der Waals surface area contributed by atoms with E-state index in [9.17, 15) is 24.5 Å². The molecule has 0 spiro atoms. The molecule has 0 atom stereocenters. The first kappa shape index (κ1) is 20.3. The lowest BCUT2D eigenvalue weighted by Gasteiger charge is -2.16. The first-order valence-corrected chi connectivity index (χ1v) is 9.90. The lowest BCUT2D eigenvalue weighted by Crippen LogP contribution is -2.23. The van der Waals surface area contributed by atoms with E-state index < -0.39 is 10.7 Å². The molecular weight excluding hydrogens is 404 g/mol. The summed E-state index contributed by atoms with van der Waals surface area (Å²) in [6.07, 6.45) is 1.90. The van der Waals surface area contributed by atoms with Gasteiger partial charge in [-0.25, -0.2) is 4.79 Å². The van der Waals surface area contributed by atoms with E-state index in [0.717, 1.165) is 12.1 Å². The lowest BCUT2D eigenvalue weighted by atomic mass is 10.2. The molecule has 160 valence electrons. The summed E-state index contributed by atoms with van der Waals surface area (Å²) in [5.41, 5.74) is 1.77. The summed E-state index contributed by atoms with van der Waals surface area (Å²) in [6.45, 7) is 0.909. The molecule has 2 aromatic carbocycles. The molecule has 31 heavy (non-hydrogen) atoms. The van der Waals surface area contributed by atoms with Crippen molar-refractivity contribution in [3.63, 3.8) is 0 Å². The summed E-state index contributed by atoms with van der Waals surface area (Å²) < 4.78 is 6.44. The molecule has 1 fully saturated rings. The average Bonchev–Trinajstić information content (AvgIpc) is 3.30. The van der Waals surface area contributed by atoms with Gasteiger partial charge >= 0.3 is 5.76 Å². The molecule has 1 aromatic heterocycles. The monoisotopic (exact) mass is 424 g/mol. The number of carbonyl (C=O) groups is 2. The maximum Gasteiger partial charge on any atom is 0.419 e. The Balaban J connectivity index is 1.37. The van der Waals surface area contributed by atoms with Crippen LogP contribution in [0.4, 0.5) is 17.1 Å². The zero-order chi connectivity index (χ0) is 22.0. The highest BCUT2D eigenvalue weighted by Crippen LogP contribution is 2.24. The van der Waals surface area contributed by atoms with Gasteiger partial charge in [-0.2, -0.15) is 0 Å². The van der Waals surface area contributed by atoms with E-state index in [2.05, 4.69) is 5.32 Å². The smallest absolute Gasteiger partial charge is 0.407 e. The number of nitro groups is 1. The Morgan fingerprint density at radius 2 is 2.03 bits per heavy atom. The van der Waals surface area contributed by atoms with Gasteiger partial charge in [0.25, 0.3) is 5.69 Å². The van der Waals surface area contributed by atoms with E-state index in [0.29, 0.717) is 30.6 Å². The van der Waals surface area contributed by atoms with Crippen molar-refractivity contribution in [1.82, 2.24) is 4.57 Å². The van der Waals surface area contributed by atoms with E-state index in [-0.39, 0.29) is 36.1 Å². The topological polar surface area (TPSA) is 128 Å². The second-order valence-electron chi connectivity index (χ2n) is 7.28. The molecule has 0 saturated carbocycles.